The number of terminal acetylenes is 1. The van der Waals surface area contributed by atoms with E-state index in [2.05, 4.69) is 16.6 Å². The summed E-state index contributed by atoms with van der Waals surface area (Å²) in [5, 5.41) is 55.7. The van der Waals surface area contributed by atoms with Crippen LogP contribution in [0.4, 0.5) is 5.69 Å². The Morgan fingerprint density at radius 1 is 1.11 bits per heavy atom. The summed E-state index contributed by atoms with van der Waals surface area (Å²) in [6.45, 7) is 0.346. The van der Waals surface area contributed by atoms with Crippen molar-refractivity contribution < 1.29 is 44.6 Å². The molecule has 1 unspecified atom stereocenters. The Hall–Kier alpha value is -2.95. The van der Waals surface area contributed by atoms with Gasteiger partial charge in [0.25, 0.3) is 0 Å². The van der Waals surface area contributed by atoms with Gasteiger partial charge < -0.3 is 45.6 Å². The van der Waals surface area contributed by atoms with Gasteiger partial charge in [-0.2, -0.15) is 0 Å². The molecule has 0 aromatic heterocycles. The van der Waals surface area contributed by atoms with E-state index in [1.54, 1.807) is 24.3 Å². The highest BCUT2D eigenvalue weighted by Crippen LogP contribution is 2.28. The van der Waals surface area contributed by atoms with Crippen molar-refractivity contribution >= 4 is 35.0 Å². The number of nitrogens with one attached hydrogen (secondary N) is 2. The van der Waals surface area contributed by atoms with E-state index in [1.165, 1.54) is 0 Å². The number of benzene rings is 1. The molecule has 0 saturated carbocycles. The first-order valence-corrected chi connectivity index (χ1v) is 11.4. The number of hydrogen-bond donors (Lipinski definition) is 7. The third-order valence-corrected chi connectivity index (χ3v) is 5.72. The smallest absolute Gasteiger partial charge is 0.317 e. The molecule has 192 valence electrons. The Bertz CT molecular complexity index is 891. The van der Waals surface area contributed by atoms with Gasteiger partial charge in [-0.1, -0.05) is 0 Å². The van der Waals surface area contributed by atoms with Crippen LogP contribution < -0.4 is 15.4 Å². The summed E-state index contributed by atoms with van der Waals surface area (Å²) in [5.74, 6) is -3.16. The first-order chi connectivity index (χ1) is 16.6. The number of aliphatic hydroxyl groups is 3. The lowest BCUT2D eigenvalue weighted by molar-refractivity contribution is -0.167. The number of aliphatic hydroxyl groups excluding tert-OH is 3. The lowest BCUT2D eigenvalue weighted by atomic mass is 9.87. The first-order valence-electron chi connectivity index (χ1n) is 11.0. The number of anilines is 1. The van der Waals surface area contributed by atoms with Crippen LogP contribution in [-0.4, -0.2) is 80.3 Å². The highest BCUT2D eigenvalue weighted by atomic mass is 32.1. The third-order valence-electron chi connectivity index (χ3n) is 5.47. The summed E-state index contributed by atoms with van der Waals surface area (Å²) in [4.78, 5) is 22.4. The zero-order valence-electron chi connectivity index (χ0n) is 18.9. The maximum absolute atomic E-state index is 11.2. The fraction of sp³-hybridized carbons (Fsp3) is 0.522. The number of carboxylic acid groups (broad SMARTS) is 2. The van der Waals surface area contributed by atoms with Crippen LogP contribution in [0.3, 0.4) is 0 Å². The number of thiocarbonyl (C=S) groups is 1. The average molecular weight is 511 g/mol. The zero-order valence-corrected chi connectivity index (χ0v) is 19.7. The molecule has 7 N–H and O–H groups in total. The summed E-state index contributed by atoms with van der Waals surface area (Å²) in [6.07, 6.45) is 0.785. The molecule has 11 nitrogen and oxygen atoms in total. The number of unbranched alkanes of at least 4 members (excludes halogenated alkanes) is 2. The van der Waals surface area contributed by atoms with E-state index in [-0.39, 0.29) is 12.4 Å². The van der Waals surface area contributed by atoms with Crippen LogP contribution in [0.5, 0.6) is 5.75 Å². The second-order valence-electron chi connectivity index (χ2n) is 8.08. The predicted octanol–water partition coefficient (Wildman–Crippen LogP) is 0.386. The van der Waals surface area contributed by atoms with E-state index in [0.29, 0.717) is 23.8 Å². The van der Waals surface area contributed by atoms with Crippen LogP contribution in [0.1, 0.15) is 25.7 Å². The summed E-state index contributed by atoms with van der Waals surface area (Å²) in [7, 11) is 0. The highest BCUT2D eigenvalue weighted by molar-refractivity contribution is 7.80. The van der Waals surface area contributed by atoms with Crippen molar-refractivity contribution in [3.8, 4) is 18.1 Å². The standard InChI is InChI=1S/C23H30N2O9S/c1-2-3-4-5-10-24-23(35)25-14-6-8-15(9-7-14)34-22-19(28)18(27)17(26)13(12-33-22)11-16(20(29)30)21(31)32/h1,6-9,13,16-19,22,26-28H,3-5,10-12H2,(H,29,30)(H,31,32)(H2,24,25,35)/t13-,17+,18-,19-,22?/m0/s1. The van der Waals surface area contributed by atoms with Crippen molar-refractivity contribution in [2.45, 2.75) is 50.3 Å². The molecule has 0 aliphatic carbocycles. The van der Waals surface area contributed by atoms with Gasteiger partial charge in [0, 0.05) is 24.6 Å². The lowest BCUT2D eigenvalue weighted by Crippen LogP contribution is -2.47. The topological polar surface area (TPSA) is 178 Å². The Kier molecular flexibility index (Phi) is 11.2. The summed E-state index contributed by atoms with van der Waals surface area (Å²) in [5.41, 5.74) is 0.671. The molecule has 0 bridgehead atoms. The fourth-order valence-electron chi connectivity index (χ4n) is 3.46. The van der Waals surface area contributed by atoms with Crippen LogP contribution in [0, 0.1) is 24.2 Å². The molecule has 1 aromatic carbocycles. The monoisotopic (exact) mass is 510 g/mol. The van der Waals surface area contributed by atoms with Gasteiger partial charge in [-0.25, -0.2) is 0 Å². The van der Waals surface area contributed by atoms with Gasteiger partial charge in [0.2, 0.25) is 6.29 Å². The van der Waals surface area contributed by atoms with Crippen molar-refractivity contribution in [3.63, 3.8) is 0 Å². The van der Waals surface area contributed by atoms with E-state index in [9.17, 15) is 24.9 Å². The number of carbonyl (C=O) groups is 2. The molecule has 1 aliphatic heterocycles. The normalized spacial score (nSPS) is 24.1. The van der Waals surface area contributed by atoms with Crippen molar-refractivity contribution in [2.24, 2.45) is 11.8 Å². The van der Waals surface area contributed by atoms with Crippen molar-refractivity contribution in [2.75, 3.05) is 18.5 Å². The van der Waals surface area contributed by atoms with Gasteiger partial charge in [-0.15, -0.1) is 12.3 Å². The molecular formula is C23H30N2O9S. The zero-order chi connectivity index (χ0) is 26.0. The Morgan fingerprint density at radius 3 is 2.37 bits per heavy atom. The number of aliphatic carboxylic acids is 2. The molecule has 35 heavy (non-hydrogen) atoms. The molecule has 2 rings (SSSR count). The van der Waals surface area contributed by atoms with Gasteiger partial charge in [0.15, 0.2) is 11.0 Å². The van der Waals surface area contributed by atoms with Crippen molar-refractivity contribution in [3.05, 3.63) is 24.3 Å². The first kappa shape index (κ1) is 28.3. The van der Waals surface area contributed by atoms with Crippen molar-refractivity contribution in [1.82, 2.24) is 5.32 Å². The summed E-state index contributed by atoms with van der Waals surface area (Å²) in [6, 6.07) is 6.49. The number of carboxylic acids is 2. The molecule has 0 amide bonds. The van der Waals surface area contributed by atoms with Gasteiger partial charge in [0.1, 0.15) is 18.0 Å². The highest BCUT2D eigenvalue weighted by Gasteiger charge is 2.43. The van der Waals surface area contributed by atoms with Gasteiger partial charge in [-0.05, 0) is 55.7 Å². The lowest BCUT2D eigenvalue weighted by Gasteiger charge is -2.27. The van der Waals surface area contributed by atoms with Crippen molar-refractivity contribution in [1.29, 1.82) is 0 Å². The van der Waals surface area contributed by atoms with E-state index in [1.807, 2.05) is 0 Å². The molecule has 0 radical (unpaired) electrons. The SMILES string of the molecule is C#CCCCCNC(=S)Nc1ccc(OC2OC[C@H](CC(C(=O)O)C(=O)O)[C@@H](O)[C@H](O)[C@@H]2O)cc1. The molecule has 1 heterocycles. The number of hydrogen-bond acceptors (Lipinski definition) is 8. The second-order valence-corrected chi connectivity index (χ2v) is 8.49. The quantitative estimate of drug-likeness (QED) is 0.0944. The summed E-state index contributed by atoms with van der Waals surface area (Å²) >= 11 is 5.23. The molecule has 1 saturated heterocycles. The van der Waals surface area contributed by atoms with Gasteiger partial charge in [0.05, 0.1) is 12.7 Å². The minimum atomic E-state index is -1.80. The molecule has 1 fully saturated rings. The third kappa shape index (κ3) is 8.65. The Labute approximate surface area is 208 Å². The molecule has 1 aliphatic rings. The van der Waals surface area contributed by atoms with Gasteiger partial charge in [-0.3, -0.25) is 9.59 Å². The minimum Gasteiger partial charge on any atom is -0.481 e. The number of rotatable bonds is 11. The van der Waals surface area contributed by atoms with Crippen LogP contribution in [0.25, 0.3) is 0 Å². The van der Waals surface area contributed by atoms with Gasteiger partial charge >= 0.3 is 11.9 Å². The largest absolute Gasteiger partial charge is 0.481 e. The van der Waals surface area contributed by atoms with Crippen LogP contribution in [-0.2, 0) is 14.3 Å². The van der Waals surface area contributed by atoms with E-state index in [0.717, 1.165) is 12.8 Å². The molecule has 1 aromatic rings. The van der Waals surface area contributed by atoms with E-state index in [4.69, 9.17) is 38.3 Å². The van der Waals surface area contributed by atoms with E-state index < -0.39 is 54.8 Å². The molecule has 12 heteroatoms. The maximum atomic E-state index is 11.2. The minimum absolute atomic E-state index is 0.279. The Morgan fingerprint density at radius 2 is 1.77 bits per heavy atom. The summed E-state index contributed by atoms with van der Waals surface area (Å²) < 4.78 is 11.1. The molecule has 0 spiro atoms. The Balaban J connectivity index is 1.94. The predicted molar refractivity (Wildman–Crippen MR) is 129 cm³/mol. The van der Waals surface area contributed by atoms with Crippen LogP contribution in [0.2, 0.25) is 0 Å². The maximum Gasteiger partial charge on any atom is 0.317 e. The van der Waals surface area contributed by atoms with E-state index >= 15 is 0 Å². The molecule has 5 atom stereocenters. The van der Waals surface area contributed by atoms with Crippen LogP contribution >= 0.6 is 12.2 Å². The van der Waals surface area contributed by atoms with Crippen LogP contribution in [0.15, 0.2) is 24.3 Å². The number of ether oxygens (including phenoxy) is 2. The molecular weight excluding hydrogens is 480 g/mol. The fourth-order valence-corrected chi connectivity index (χ4v) is 3.68. The average Bonchev–Trinajstić information content (AvgIpc) is 2.90. The second kappa shape index (κ2) is 13.8.